The molecule has 9 heteroatoms. The van der Waals surface area contributed by atoms with Gasteiger partial charge < -0.3 is 4.74 Å². The fourth-order valence-corrected chi connectivity index (χ4v) is 3.16. The molecule has 0 aromatic heterocycles. The van der Waals surface area contributed by atoms with Gasteiger partial charge >= 0.3 is 6.18 Å². The number of halogens is 4. The summed E-state index contributed by atoms with van der Waals surface area (Å²) in [7, 11) is -2.89. The maximum Gasteiger partial charge on any atom is 0.416 e. The van der Waals surface area contributed by atoms with Crippen LogP contribution in [-0.4, -0.2) is 15.5 Å². The standard InChI is InChI=1S/C14H11ClF3NO3S/c1-22-13-6-5-9(14(16,17)18)7-12(13)19-23(20,21)11-4-2-3-10(15)8-11/h2-8,19H,1H3. The van der Waals surface area contributed by atoms with Crippen LogP contribution in [0.3, 0.4) is 0 Å². The largest absolute Gasteiger partial charge is 0.495 e. The van der Waals surface area contributed by atoms with Crippen LogP contribution in [0.1, 0.15) is 5.56 Å². The maximum atomic E-state index is 12.8. The average molecular weight is 366 g/mol. The molecule has 124 valence electrons. The van der Waals surface area contributed by atoms with Gasteiger partial charge in [-0.1, -0.05) is 17.7 Å². The van der Waals surface area contributed by atoms with Gasteiger partial charge in [0.15, 0.2) is 0 Å². The lowest BCUT2D eigenvalue weighted by molar-refractivity contribution is -0.137. The lowest BCUT2D eigenvalue weighted by Crippen LogP contribution is -2.15. The molecule has 0 aliphatic heterocycles. The highest BCUT2D eigenvalue weighted by Gasteiger charge is 2.31. The fraction of sp³-hybridized carbons (Fsp3) is 0.143. The normalized spacial score (nSPS) is 12.0. The van der Waals surface area contributed by atoms with Crippen LogP contribution in [0.2, 0.25) is 5.02 Å². The monoisotopic (exact) mass is 365 g/mol. The van der Waals surface area contributed by atoms with Crippen molar-refractivity contribution in [2.24, 2.45) is 0 Å². The van der Waals surface area contributed by atoms with Crippen LogP contribution in [0.4, 0.5) is 18.9 Å². The van der Waals surface area contributed by atoms with Crippen molar-refractivity contribution in [3.05, 3.63) is 53.1 Å². The average Bonchev–Trinajstić information content (AvgIpc) is 2.46. The summed E-state index contributed by atoms with van der Waals surface area (Å²) < 4.78 is 69.9. The molecule has 0 radical (unpaired) electrons. The van der Waals surface area contributed by atoms with E-state index in [1.54, 1.807) is 0 Å². The highest BCUT2D eigenvalue weighted by atomic mass is 35.5. The van der Waals surface area contributed by atoms with Crippen molar-refractivity contribution >= 4 is 27.3 Å². The van der Waals surface area contributed by atoms with E-state index >= 15 is 0 Å². The van der Waals surface area contributed by atoms with Crippen molar-refractivity contribution < 1.29 is 26.3 Å². The quantitative estimate of drug-likeness (QED) is 0.884. The summed E-state index contributed by atoms with van der Waals surface area (Å²) in [5.41, 5.74) is -1.32. The van der Waals surface area contributed by atoms with Crippen LogP contribution in [0.5, 0.6) is 5.75 Å². The number of nitrogens with one attached hydrogen (secondary N) is 1. The third kappa shape index (κ3) is 4.08. The van der Waals surface area contributed by atoms with Crippen LogP contribution in [0.25, 0.3) is 0 Å². The summed E-state index contributed by atoms with van der Waals surface area (Å²) in [4.78, 5) is -0.176. The molecule has 0 saturated carbocycles. The molecule has 23 heavy (non-hydrogen) atoms. The predicted molar refractivity (Wildman–Crippen MR) is 80.3 cm³/mol. The first-order valence-corrected chi connectivity index (χ1v) is 8.03. The highest BCUT2D eigenvalue weighted by molar-refractivity contribution is 7.92. The number of sulfonamides is 1. The molecular weight excluding hydrogens is 355 g/mol. The van der Waals surface area contributed by atoms with Gasteiger partial charge in [0, 0.05) is 5.02 Å². The Kier molecular flexibility index (Phi) is 4.76. The van der Waals surface area contributed by atoms with E-state index in [-0.39, 0.29) is 21.4 Å². The van der Waals surface area contributed by atoms with E-state index in [4.69, 9.17) is 16.3 Å². The van der Waals surface area contributed by atoms with Gasteiger partial charge in [0.25, 0.3) is 10.0 Å². The molecule has 0 unspecified atom stereocenters. The number of hydrogen-bond donors (Lipinski definition) is 1. The molecule has 0 atom stereocenters. The van der Waals surface area contributed by atoms with Gasteiger partial charge in [-0.3, -0.25) is 4.72 Å². The van der Waals surface area contributed by atoms with Crippen molar-refractivity contribution in [1.29, 1.82) is 0 Å². The minimum absolute atomic E-state index is 0.0383. The molecule has 0 bridgehead atoms. The topological polar surface area (TPSA) is 55.4 Å². The molecule has 2 rings (SSSR count). The Morgan fingerprint density at radius 1 is 1.13 bits per heavy atom. The molecule has 0 spiro atoms. The number of hydrogen-bond acceptors (Lipinski definition) is 3. The Bertz CT molecular complexity index is 822. The molecule has 0 saturated heterocycles. The van der Waals surface area contributed by atoms with Gasteiger partial charge in [-0.15, -0.1) is 0 Å². The molecule has 2 aromatic carbocycles. The lowest BCUT2D eigenvalue weighted by atomic mass is 10.2. The van der Waals surface area contributed by atoms with Gasteiger partial charge in [-0.05, 0) is 36.4 Å². The molecule has 0 heterocycles. The summed E-state index contributed by atoms with van der Waals surface area (Å²) in [6, 6.07) is 7.86. The van der Waals surface area contributed by atoms with Gasteiger partial charge in [0.1, 0.15) is 5.75 Å². The highest BCUT2D eigenvalue weighted by Crippen LogP contribution is 2.35. The summed E-state index contributed by atoms with van der Waals surface area (Å²) in [5, 5.41) is 0.184. The molecule has 0 aliphatic rings. The molecular formula is C14H11ClF3NO3S. The van der Waals surface area contributed by atoms with E-state index in [1.165, 1.54) is 31.4 Å². The van der Waals surface area contributed by atoms with E-state index in [9.17, 15) is 21.6 Å². The van der Waals surface area contributed by atoms with Crippen molar-refractivity contribution in [2.45, 2.75) is 11.1 Å². The van der Waals surface area contributed by atoms with Crippen molar-refractivity contribution in [3.8, 4) is 5.75 Å². The Morgan fingerprint density at radius 2 is 1.83 bits per heavy atom. The zero-order chi connectivity index (χ0) is 17.3. The van der Waals surface area contributed by atoms with Crippen molar-refractivity contribution in [1.82, 2.24) is 0 Å². The van der Waals surface area contributed by atoms with E-state index in [2.05, 4.69) is 4.72 Å². The minimum Gasteiger partial charge on any atom is -0.495 e. The summed E-state index contributed by atoms with van der Waals surface area (Å²) in [6.07, 6.45) is -4.61. The van der Waals surface area contributed by atoms with Gasteiger partial charge in [-0.25, -0.2) is 8.42 Å². The van der Waals surface area contributed by atoms with Crippen LogP contribution >= 0.6 is 11.6 Å². The smallest absolute Gasteiger partial charge is 0.416 e. The number of alkyl halides is 3. The summed E-state index contributed by atoms with van der Waals surface area (Å²) in [6.45, 7) is 0. The molecule has 0 amide bonds. The number of benzene rings is 2. The Hall–Kier alpha value is -1.93. The molecule has 1 N–H and O–H groups in total. The van der Waals surface area contributed by atoms with Crippen LogP contribution < -0.4 is 9.46 Å². The maximum absolute atomic E-state index is 12.8. The Balaban J connectivity index is 2.46. The van der Waals surface area contributed by atoms with Gasteiger partial charge in [0.05, 0.1) is 23.3 Å². The van der Waals surface area contributed by atoms with Gasteiger partial charge in [-0.2, -0.15) is 13.2 Å². The zero-order valence-corrected chi connectivity index (χ0v) is 13.3. The second-order valence-electron chi connectivity index (χ2n) is 4.48. The third-order valence-electron chi connectivity index (χ3n) is 2.88. The lowest BCUT2D eigenvalue weighted by Gasteiger charge is -2.14. The van der Waals surface area contributed by atoms with Crippen LogP contribution in [0, 0.1) is 0 Å². The fourth-order valence-electron chi connectivity index (χ4n) is 1.80. The summed E-state index contributed by atoms with van der Waals surface area (Å²) in [5.74, 6) is -0.0383. The molecule has 0 fully saturated rings. The second-order valence-corrected chi connectivity index (χ2v) is 6.59. The zero-order valence-electron chi connectivity index (χ0n) is 11.7. The third-order valence-corrected chi connectivity index (χ3v) is 4.48. The minimum atomic E-state index is -4.61. The molecule has 2 aromatic rings. The van der Waals surface area contributed by atoms with Crippen LogP contribution in [0.15, 0.2) is 47.4 Å². The summed E-state index contributed by atoms with van der Waals surface area (Å²) >= 11 is 5.73. The second kappa shape index (κ2) is 6.29. The predicted octanol–water partition coefficient (Wildman–Crippen LogP) is 4.17. The number of anilines is 1. The number of ether oxygens (including phenoxy) is 1. The number of methoxy groups -OCH3 is 1. The molecule has 4 nitrogen and oxygen atoms in total. The first-order valence-electron chi connectivity index (χ1n) is 6.17. The molecule has 0 aliphatic carbocycles. The first kappa shape index (κ1) is 17.4. The Morgan fingerprint density at radius 3 is 2.39 bits per heavy atom. The van der Waals surface area contributed by atoms with Gasteiger partial charge in [0.2, 0.25) is 0 Å². The first-order chi connectivity index (χ1) is 10.6. The van der Waals surface area contributed by atoms with E-state index in [0.717, 1.165) is 12.1 Å². The van der Waals surface area contributed by atoms with E-state index in [1.807, 2.05) is 0 Å². The van der Waals surface area contributed by atoms with Crippen molar-refractivity contribution in [3.63, 3.8) is 0 Å². The van der Waals surface area contributed by atoms with Crippen molar-refractivity contribution in [2.75, 3.05) is 11.8 Å². The van der Waals surface area contributed by atoms with Crippen LogP contribution in [-0.2, 0) is 16.2 Å². The number of rotatable bonds is 4. The SMILES string of the molecule is COc1ccc(C(F)(F)F)cc1NS(=O)(=O)c1cccc(Cl)c1. The van der Waals surface area contributed by atoms with E-state index in [0.29, 0.717) is 6.07 Å². The Labute approximate surface area is 135 Å². The van der Waals surface area contributed by atoms with E-state index < -0.39 is 21.8 Å².